The SMILES string of the molecule is CC(C)(C)c1ccccc1-n1c(-c2[c-]cccc2)nc2ccccc21.[2H]C([2H])(c1ccc(-c2ccnc(-c3[c-]cccc3)c2)cc1)C(C)(C)C.[Ir]. The Kier molecular flexibility index (Phi) is 10.3. The van der Waals surface area contributed by atoms with Crippen LogP contribution >= 0.6 is 0 Å². The molecule has 0 aliphatic heterocycles. The third-order valence-corrected chi connectivity index (χ3v) is 7.95. The topological polar surface area (TPSA) is 30.7 Å². The molecule has 7 rings (SSSR count). The first kappa shape index (κ1) is 32.9. The van der Waals surface area contributed by atoms with Gasteiger partial charge < -0.3 is 9.55 Å². The number of hydrogen-bond acceptors (Lipinski definition) is 2. The van der Waals surface area contributed by atoms with E-state index in [1.807, 2.05) is 106 Å². The molecular formula is C45H43IrN3-2. The first-order valence-corrected chi connectivity index (χ1v) is 16.4. The van der Waals surface area contributed by atoms with Gasteiger partial charge in [-0.3, -0.25) is 4.98 Å². The van der Waals surface area contributed by atoms with E-state index in [2.05, 4.69) is 91.0 Å². The Morgan fingerprint density at radius 1 is 0.673 bits per heavy atom. The van der Waals surface area contributed by atoms with Crippen molar-refractivity contribution in [2.24, 2.45) is 5.41 Å². The molecule has 0 atom stereocenters. The third kappa shape index (κ3) is 8.70. The van der Waals surface area contributed by atoms with Gasteiger partial charge in [-0.25, -0.2) is 0 Å². The second-order valence-corrected chi connectivity index (χ2v) is 14.0. The Labute approximate surface area is 308 Å². The maximum absolute atomic E-state index is 8.39. The van der Waals surface area contributed by atoms with Crippen LogP contribution < -0.4 is 0 Å². The molecule has 0 saturated carbocycles. The van der Waals surface area contributed by atoms with E-state index in [9.17, 15) is 0 Å². The zero-order valence-corrected chi connectivity index (χ0v) is 31.3. The van der Waals surface area contributed by atoms with Crippen molar-refractivity contribution in [2.75, 3.05) is 0 Å². The van der Waals surface area contributed by atoms with E-state index >= 15 is 0 Å². The van der Waals surface area contributed by atoms with E-state index in [1.165, 1.54) is 11.3 Å². The number of benzene rings is 5. The van der Waals surface area contributed by atoms with Crippen molar-refractivity contribution in [1.29, 1.82) is 0 Å². The van der Waals surface area contributed by atoms with Crippen molar-refractivity contribution in [3.63, 3.8) is 0 Å². The van der Waals surface area contributed by atoms with Crippen molar-refractivity contribution < 1.29 is 22.8 Å². The van der Waals surface area contributed by atoms with Crippen LogP contribution in [0.25, 0.3) is 50.5 Å². The number of nitrogens with zero attached hydrogens (tertiary/aromatic N) is 3. The van der Waals surface area contributed by atoms with Crippen molar-refractivity contribution in [2.45, 2.75) is 53.3 Å². The van der Waals surface area contributed by atoms with Crippen molar-refractivity contribution in [3.05, 3.63) is 163 Å². The van der Waals surface area contributed by atoms with Crippen LogP contribution in [0.4, 0.5) is 0 Å². The summed E-state index contributed by atoms with van der Waals surface area (Å²) in [5.74, 6) is 0.929. The number of hydrogen-bond donors (Lipinski definition) is 0. The van der Waals surface area contributed by atoms with E-state index in [0.717, 1.165) is 44.8 Å². The van der Waals surface area contributed by atoms with Gasteiger partial charge in [0.15, 0.2) is 0 Å². The van der Waals surface area contributed by atoms with Crippen molar-refractivity contribution in [3.8, 4) is 39.5 Å². The molecule has 0 saturated heterocycles. The average Bonchev–Trinajstić information content (AvgIpc) is 3.52. The smallest absolute Gasteiger partial charge is 0.0774 e. The maximum atomic E-state index is 8.39. The summed E-state index contributed by atoms with van der Waals surface area (Å²) in [6, 6.07) is 51.0. The molecule has 4 heteroatoms. The molecule has 249 valence electrons. The molecule has 0 fully saturated rings. The molecule has 2 heterocycles. The summed E-state index contributed by atoms with van der Waals surface area (Å²) >= 11 is 0. The fourth-order valence-corrected chi connectivity index (χ4v) is 5.77. The molecule has 0 aliphatic rings. The van der Waals surface area contributed by atoms with Crippen LogP contribution in [0.3, 0.4) is 0 Å². The fraction of sp³-hybridized carbons (Fsp3) is 0.200. The molecule has 1 radical (unpaired) electrons. The minimum absolute atomic E-state index is 0. The molecule has 0 unspecified atom stereocenters. The second kappa shape index (κ2) is 15.3. The van der Waals surface area contributed by atoms with Gasteiger partial charge in [0, 0.05) is 34.7 Å². The van der Waals surface area contributed by atoms with Crippen LogP contribution in [0, 0.1) is 17.5 Å². The van der Waals surface area contributed by atoms with Crippen LogP contribution in [-0.2, 0) is 31.9 Å². The second-order valence-electron chi connectivity index (χ2n) is 14.0. The third-order valence-electron chi connectivity index (χ3n) is 7.95. The van der Waals surface area contributed by atoms with Crippen molar-refractivity contribution in [1.82, 2.24) is 14.5 Å². The summed E-state index contributed by atoms with van der Waals surface area (Å²) in [6.45, 7) is 12.5. The van der Waals surface area contributed by atoms with Gasteiger partial charge in [0.1, 0.15) is 0 Å². The fourth-order valence-electron chi connectivity index (χ4n) is 5.77. The predicted octanol–water partition coefficient (Wildman–Crippen LogP) is 11.6. The minimum atomic E-state index is -1.38. The van der Waals surface area contributed by atoms with Gasteiger partial charge in [-0.2, -0.15) is 0 Å². The van der Waals surface area contributed by atoms with Gasteiger partial charge in [-0.05, 0) is 69.4 Å². The zero-order valence-electron chi connectivity index (χ0n) is 31.0. The van der Waals surface area contributed by atoms with Crippen molar-refractivity contribution >= 4 is 11.0 Å². The number of rotatable bonds is 5. The quantitative estimate of drug-likeness (QED) is 0.162. The molecule has 0 aliphatic carbocycles. The molecule has 5 aromatic carbocycles. The van der Waals surface area contributed by atoms with E-state index in [-0.39, 0.29) is 25.5 Å². The Bertz CT molecular complexity index is 2200. The standard InChI is InChI=1S/C23H21N2.C22H22N.Ir/c1-23(2,3)18-13-7-9-15-20(18)25-21-16-10-8-14-19(21)24-22(25)17-11-5-4-6-12-17;1-22(2,3)16-17-9-11-18(12-10-17)20-13-14-23-21(15-20)19-7-5-4-6-8-19;/h4-11,13-16H,1-3H3;4-7,9-15H,16H2,1-3H3;/q2*-1;/i;16D2;. The van der Waals surface area contributed by atoms with E-state index < -0.39 is 11.8 Å². The molecule has 0 amide bonds. The molecular weight excluding hydrogens is 775 g/mol. The molecule has 0 N–H and O–H groups in total. The van der Waals surface area contributed by atoms with Gasteiger partial charge in [0.25, 0.3) is 0 Å². The Balaban J connectivity index is 0.000000194. The summed E-state index contributed by atoms with van der Waals surface area (Å²) in [5, 5.41) is 0. The predicted molar refractivity (Wildman–Crippen MR) is 201 cm³/mol. The molecule has 49 heavy (non-hydrogen) atoms. The zero-order chi connectivity index (χ0) is 35.5. The Hall–Kier alpha value is -4.63. The van der Waals surface area contributed by atoms with E-state index in [0.29, 0.717) is 5.56 Å². The molecule has 0 spiro atoms. The van der Waals surface area contributed by atoms with Crippen LogP contribution in [-0.4, -0.2) is 14.5 Å². The van der Waals surface area contributed by atoms with Crippen LogP contribution in [0.2, 0.25) is 0 Å². The number of fused-ring (bicyclic) bond motifs is 1. The average molecular weight is 820 g/mol. The van der Waals surface area contributed by atoms with Gasteiger partial charge in [0.05, 0.1) is 16.9 Å². The summed E-state index contributed by atoms with van der Waals surface area (Å²) < 4.78 is 19.1. The molecule has 7 aromatic rings. The minimum Gasteiger partial charge on any atom is -0.333 e. The summed E-state index contributed by atoms with van der Waals surface area (Å²) in [5.41, 5.74) is 9.84. The number of pyridine rings is 1. The number of imidazole rings is 1. The van der Waals surface area contributed by atoms with E-state index in [1.54, 1.807) is 6.20 Å². The Morgan fingerprint density at radius 2 is 1.31 bits per heavy atom. The van der Waals surface area contributed by atoms with E-state index in [4.69, 9.17) is 7.73 Å². The van der Waals surface area contributed by atoms with Crippen LogP contribution in [0.15, 0.2) is 140 Å². The van der Waals surface area contributed by atoms with Gasteiger partial charge in [0.2, 0.25) is 0 Å². The molecule has 3 nitrogen and oxygen atoms in total. The maximum Gasteiger partial charge on any atom is 0.0774 e. The van der Waals surface area contributed by atoms with Gasteiger partial charge >= 0.3 is 0 Å². The number of para-hydroxylation sites is 3. The molecule has 0 bridgehead atoms. The first-order chi connectivity index (χ1) is 23.8. The largest absolute Gasteiger partial charge is 0.333 e. The monoisotopic (exact) mass is 820 g/mol. The summed E-state index contributed by atoms with van der Waals surface area (Å²) in [4.78, 5) is 9.35. The van der Waals surface area contributed by atoms with Crippen LogP contribution in [0.5, 0.6) is 0 Å². The van der Waals surface area contributed by atoms with Gasteiger partial charge in [-0.15, -0.1) is 71.8 Å². The summed E-state index contributed by atoms with van der Waals surface area (Å²) in [7, 11) is 0. The first-order valence-electron chi connectivity index (χ1n) is 17.4. The van der Waals surface area contributed by atoms with Gasteiger partial charge in [-0.1, -0.05) is 102 Å². The number of aromatic nitrogens is 3. The van der Waals surface area contributed by atoms with Crippen LogP contribution in [0.1, 0.15) is 55.4 Å². The normalized spacial score (nSPS) is 12.3. The Morgan fingerprint density at radius 3 is 1.96 bits per heavy atom. The summed E-state index contributed by atoms with van der Waals surface area (Å²) in [6.07, 6.45) is 0.418. The molecule has 2 aromatic heterocycles.